The van der Waals surface area contributed by atoms with Gasteiger partial charge < -0.3 is 10.4 Å². The van der Waals surface area contributed by atoms with Crippen LogP contribution in [0.2, 0.25) is 0 Å². The van der Waals surface area contributed by atoms with Crippen molar-refractivity contribution in [2.45, 2.75) is 6.54 Å². The number of carbonyl (C=O) groups excluding carboxylic acids is 1. The van der Waals surface area contributed by atoms with E-state index in [-0.39, 0.29) is 23.7 Å². The fraction of sp³-hybridized carbons (Fsp3) is 0.0588. The van der Waals surface area contributed by atoms with Gasteiger partial charge in [-0.05, 0) is 23.6 Å². The maximum Gasteiger partial charge on any atom is 0.263 e. The minimum absolute atomic E-state index is 0.0504. The van der Waals surface area contributed by atoms with Gasteiger partial charge in [-0.1, -0.05) is 6.07 Å². The molecule has 9 heteroatoms. The fourth-order valence-electron chi connectivity index (χ4n) is 2.51. The quantitative estimate of drug-likeness (QED) is 0.564. The first-order valence-corrected chi connectivity index (χ1v) is 9.34. The summed E-state index contributed by atoms with van der Waals surface area (Å²) in [5, 5.41) is 16.5. The third-order valence-corrected chi connectivity index (χ3v) is 5.50. The van der Waals surface area contributed by atoms with E-state index >= 15 is 0 Å². The maximum absolute atomic E-state index is 12.8. The van der Waals surface area contributed by atoms with Gasteiger partial charge in [0.15, 0.2) is 11.6 Å². The Labute approximate surface area is 155 Å². The molecule has 0 unspecified atom stereocenters. The first kappa shape index (κ1) is 16.4. The molecule has 4 aromatic rings. The van der Waals surface area contributed by atoms with Crippen LogP contribution in [0.1, 0.15) is 0 Å². The molecule has 4 heterocycles. The number of hydrogen-bond acceptors (Lipinski definition) is 7. The molecule has 0 aliphatic rings. The highest BCUT2D eigenvalue weighted by atomic mass is 32.1. The molecule has 0 aromatic carbocycles. The Kier molecular flexibility index (Phi) is 4.23. The smallest absolute Gasteiger partial charge is 0.263 e. The standard InChI is InChI=1S/C17H12N4O3S2/c22-11-3-1-5-18-15(11)20-13(23)7-21-9-19-16-14(17(21)24)10(8-26-16)12-4-2-6-25-12/h1-6,8-9,22H,7H2,(H,18,20,23). The van der Waals surface area contributed by atoms with E-state index in [1.54, 1.807) is 17.4 Å². The van der Waals surface area contributed by atoms with Crippen molar-refractivity contribution in [1.29, 1.82) is 0 Å². The zero-order chi connectivity index (χ0) is 18.1. The van der Waals surface area contributed by atoms with Crippen molar-refractivity contribution in [2.75, 3.05) is 5.32 Å². The van der Waals surface area contributed by atoms with E-state index in [0.717, 1.165) is 10.4 Å². The monoisotopic (exact) mass is 384 g/mol. The number of anilines is 1. The molecule has 0 aliphatic heterocycles. The van der Waals surface area contributed by atoms with Gasteiger partial charge in [0.2, 0.25) is 5.91 Å². The number of rotatable bonds is 4. The lowest BCUT2D eigenvalue weighted by Gasteiger charge is -2.08. The van der Waals surface area contributed by atoms with Crippen LogP contribution in [-0.4, -0.2) is 25.5 Å². The van der Waals surface area contributed by atoms with Crippen molar-refractivity contribution < 1.29 is 9.90 Å². The summed E-state index contributed by atoms with van der Waals surface area (Å²) in [5.74, 6) is -0.566. The molecule has 130 valence electrons. The average molecular weight is 384 g/mol. The van der Waals surface area contributed by atoms with Crippen LogP contribution in [0.5, 0.6) is 5.75 Å². The maximum atomic E-state index is 12.8. The highest BCUT2D eigenvalue weighted by Crippen LogP contribution is 2.33. The molecule has 0 saturated carbocycles. The number of nitrogens with zero attached hydrogens (tertiary/aromatic N) is 3. The van der Waals surface area contributed by atoms with Crippen LogP contribution in [0.25, 0.3) is 20.7 Å². The number of amides is 1. The summed E-state index contributed by atoms with van der Waals surface area (Å²) in [5.41, 5.74) is 0.551. The van der Waals surface area contributed by atoms with E-state index in [4.69, 9.17) is 0 Å². The molecule has 0 bridgehead atoms. The van der Waals surface area contributed by atoms with Gasteiger partial charge in [-0.25, -0.2) is 9.97 Å². The van der Waals surface area contributed by atoms with Crippen molar-refractivity contribution in [2.24, 2.45) is 0 Å². The van der Waals surface area contributed by atoms with E-state index < -0.39 is 5.91 Å². The van der Waals surface area contributed by atoms with Gasteiger partial charge in [0.05, 0.1) is 11.7 Å². The van der Waals surface area contributed by atoms with Gasteiger partial charge in [0.25, 0.3) is 5.56 Å². The summed E-state index contributed by atoms with van der Waals surface area (Å²) in [6.45, 7) is -0.225. The average Bonchev–Trinajstić information content (AvgIpc) is 3.29. The Balaban J connectivity index is 1.66. The first-order valence-electron chi connectivity index (χ1n) is 7.58. The number of carbonyl (C=O) groups is 1. The normalized spacial score (nSPS) is 10.9. The van der Waals surface area contributed by atoms with E-state index in [1.807, 2.05) is 22.9 Å². The van der Waals surface area contributed by atoms with Crippen molar-refractivity contribution in [1.82, 2.24) is 14.5 Å². The van der Waals surface area contributed by atoms with Crippen LogP contribution in [0.15, 0.2) is 52.3 Å². The zero-order valence-electron chi connectivity index (χ0n) is 13.2. The van der Waals surface area contributed by atoms with Crippen LogP contribution in [0, 0.1) is 0 Å². The van der Waals surface area contributed by atoms with Crippen LogP contribution in [0.4, 0.5) is 5.82 Å². The molecule has 0 saturated heterocycles. The van der Waals surface area contributed by atoms with Crippen LogP contribution >= 0.6 is 22.7 Å². The second-order valence-electron chi connectivity index (χ2n) is 5.40. The van der Waals surface area contributed by atoms with E-state index in [0.29, 0.717) is 10.2 Å². The summed E-state index contributed by atoms with van der Waals surface area (Å²) < 4.78 is 1.25. The molecule has 0 aliphatic carbocycles. The number of nitrogens with one attached hydrogen (secondary N) is 1. The van der Waals surface area contributed by atoms with Gasteiger partial charge in [0, 0.05) is 22.0 Å². The van der Waals surface area contributed by atoms with Gasteiger partial charge in [-0.15, -0.1) is 22.7 Å². The zero-order valence-corrected chi connectivity index (χ0v) is 14.9. The molecule has 4 aromatic heterocycles. The lowest BCUT2D eigenvalue weighted by Crippen LogP contribution is -2.28. The van der Waals surface area contributed by atoms with Crippen molar-refractivity contribution in [3.8, 4) is 16.2 Å². The minimum Gasteiger partial charge on any atom is -0.504 e. The van der Waals surface area contributed by atoms with Crippen molar-refractivity contribution in [3.63, 3.8) is 0 Å². The van der Waals surface area contributed by atoms with E-state index in [9.17, 15) is 14.7 Å². The topological polar surface area (TPSA) is 97.1 Å². The third-order valence-electron chi connectivity index (χ3n) is 3.71. The third kappa shape index (κ3) is 2.98. The first-order chi connectivity index (χ1) is 12.6. The Bertz CT molecular complexity index is 1150. The highest BCUT2D eigenvalue weighted by molar-refractivity contribution is 7.18. The number of pyridine rings is 1. The van der Waals surface area contributed by atoms with Gasteiger partial charge >= 0.3 is 0 Å². The van der Waals surface area contributed by atoms with Crippen LogP contribution in [0.3, 0.4) is 0 Å². The lowest BCUT2D eigenvalue weighted by molar-refractivity contribution is -0.116. The predicted octanol–water partition coefficient (Wildman–Crippen LogP) is 2.93. The molecular weight excluding hydrogens is 372 g/mol. The van der Waals surface area contributed by atoms with Gasteiger partial charge in [-0.3, -0.25) is 14.2 Å². The molecule has 4 rings (SSSR count). The van der Waals surface area contributed by atoms with E-state index in [1.165, 1.54) is 34.5 Å². The summed E-state index contributed by atoms with van der Waals surface area (Å²) >= 11 is 2.94. The molecule has 0 radical (unpaired) electrons. The summed E-state index contributed by atoms with van der Waals surface area (Å²) in [6.07, 6.45) is 2.81. The highest BCUT2D eigenvalue weighted by Gasteiger charge is 2.15. The Hall–Kier alpha value is -3.04. The van der Waals surface area contributed by atoms with Crippen LogP contribution < -0.4 is 10.9 Å². The van der Waals surface area contributed by atoms with Crippen molar-refractivity contribution in [3.05, 3.63) is 57.9 Å². The largest absolute Gasteiger partial charge is 0.504 e. The van der Waals surface area contributed by atoms with Gasteiger partial charge in [-0.2, -0.15) is 0 Å². The molecule has 26 heavy (non-hydrogen) atoms. The molecule has 0 spiro atoms. The van der Waals surface area contributed by atoms with Crippen LogP contribution in [-0.2, 0) is 11.3 Å². The summed E-state index contributed by atoms with van der Waals surface area (Å²) in [4.78, 5) is 34.9. The Morgan fingerprint density at radius 3 is 2.88 bits per heavy atom. The number of thiophene rings is 2. The Morgan fingerprint density at radius 1 is 1.23 bits per heavy atom. The number of aromatic hydroxyl groups is 1. The minimum atomic E-state index is -0.477. The number of fused-ring (bicyclic) bond motifs is 1. The second kappa shape index (κ2) is 6.70. The predicted molar refractivity (Wildman–Crippen MR) is 102 cm³/mol. The number of aromatic nitrogens is 3. The Morgan fingerprint density at radius 2 is 2.12 bits per heavy atom. The molecule has 0 fully saturated rings. The summed E-state index contributed by atoms with van der Waals surface area (Å²) in [7, 11) is 0. The molecule has 0 atom stereocenters. The SMILES string of the molecule is O=C(Cn1cnc2scc(-c3cccs3)c2c1=O)Nc1ncccc1O. The molecular formula is C17H12N4O3S2. The second-order valence-corrected chi connectivity index (χ2v) is 7.21. The van der Waals surface area contributed by atoms with Gasteiger partial charge in [0.1, 0.15) is 11.4 Å². The van der Waals surface area contributed by atoms with Crippen molar-refractivity contribution >= 4 is 44.6 Å². The molecule has 7 nitrogen and oxygen atoms in total. The molecule has 1 amide bonds. The fourth-order valence-corrected chi connectivity index (χ4v) is 4.23. The summed E-state index contributed by atoms with van der Waals surface area (Å²) in [6, 6.07) is 6.84. The number of hydrogen-bond donors (Lipinski definition) is 2. The van der Waals surface area contributed by atoms with E-state index in [2.05, 4.69) is 15.3 Å². The lowest BCUT2D eigenvalue weighted by atomic mass is 10.2. The molecule has 2 N–H and O–H groups in total.